The molecule has 4 nitrogen and oxygen atoms in total. The van der Waals surface area contributed by atoms with Crippen LogP contribution in [0.15, 0.2) is 24.3 Å². The van der Waals surface area contributed by atoms with E-state index >= 15 is 0 Å². The summed E-state index contributed by atoms with van der Waals surface area (Å²) in [6.45, 7) is 0.356. The van der Waals surface area contributed by atoms with Gasteiger partial charge in [0, 0.05) is 23.6 Å². The molecule has 1 aliphatic heterocycles. The number of ketones is 1. The summed E-state index contributed by atoms with van der Waals surface area (Å²) in [4.78, 5) is 24.3. The fourth-order valence-corrected chi connectivity index (χ4v) is 4.06. The summed E-state index contributed by atoms with van der Waals surface area (Å²) in [5.74, 6) is 0.695. The van der Waals surface area contributed by atoms with Gasteiger partial charge in [0.25, 0.3) is 0 Å². The number of thioether (sulfide) groups is 1. The number of hydrogen-bond acceptors (Lipinski definition) is 5. The molecule has 1 aliphatic carbocycles. The topological polar surface area (TPSA) is 66.4 Å². The maximum Gasteiger partial charge on any atom is 0.192 e. The molecule has 1 unspecified atom stereocenters. The van der Waals surface area contributed by atoms with Gasteiger partial charge in [0.05, 0.1) is 13.2 Å². The second kappa shape index (κ2) is 6.30. The van der Waals surface area contributed by atoms with Crippen LogP contribution >= 0.6 is 11.8 Å². The summed E-state index contributed by atoms with van der Waals surface area (Å²) in [5, 5.41) is 12.5. The lowest BCUT2D eigenvalue weighted by Crippen LogP contribution is -2.40. The number of aliphatic hydroxyl groups excluding tert-OH is 1. The van der Waals surface area contributed by atoms with Crippen molar-refractivity contribution in [1.82, 2.24) is 5.32 Å². The fourth-order valence-electron chi connectivity index (χ4n) is 2.92. The van der Waals surface area contributed by atoms with Crippen LogP contribution in [0.25, 0.3) is 0 Å². The standard InChI is InChI=1S/C16H19NO3S/c18-8-10-1-3-11(4-2-10)14-9-21-16(20)13-6-5-12(13)15(19)7-17-14/h1-4,12-14,17-18H,5-9H2/t12-,13+,14?/m0/s1. The van der Waals surface area contributed by atoms with Gasteiger partial charge in [-0.15, -0.1) is 0 Å². The number of rotatable bonds is 2. The van der Waals surface area contributed by atoms with Crippen LogP contribution in [-0.2, 0) is 16.2 Å². The van der Waals surface area contributed by atoms with Crippen LogP contribution in [0.2, 0.25) is 0 Å². The molecule has 1 aromatic rings. The average molecular weight is 305 g/mol. The highest BCUT2D eigenvalue weighted by Crippen LogP contribution is 2.39. The van der Waals surface area contributed by atoms with E-state index in [4.69, 9.17) is 5.11 Å². The Labute approximate surface area is 128 Å². The maximum absolute atomic E-state index is 12.2. The van der Waals surface area contributed by atoms with E-state index in [0.717, 1.165) is 24.0 Å². The van der Waals surface area contributed by atoms with Crippen molar-refractivity contribution in [2.45, 2.75) is 25.5 Å². The van der Waals surface area contributed by atoms with E-state index < -0.39 is 0 Å². The molecule has 1 heterocycles. The molecule has 0 aromatic heterocycles. The number of fused-ring (bicyclic) bond motifs is 1. The zero-order valence-corrected chi connectivity index (χ0v) is 12.6. The molecular formula is C16H19NO3S. The number of benzene rings is 1. The van der Waals surface area contributed by atoms with Crippen LogP contribution in [0, 0.1) is 11.8 Å². The lowest BCUT2D eigenvalue weighted by atomic mass is 9.72. The van der Waals surface area contributed by atoms with E-state index in [-0.39, 0.29) is 35.4 Å². The van der Waals surface area contributed by atoms with Crippen molar-refractivity contribution in [2.24, 2.45) is 11.8 Å². The van der Waals surface area contributed by atoms with Crippen molar-refractivity contribution in [2.75, 3.05) is 12.3 Å². The Morgan fingerprint density at radius 2 is 1.86 bits per heavy atom. The summed E-state index contributed by atoms with van der Waals surface area (Å²) < 4.78 is 0. The second-order valence-electron chi connectivity index (χ2n) is 5.72. The largest absolute Gasteiger partial charge is 0.392 e. The fraction of sp³-hybridized carbons (Fsp3) is 0.500. The summed E-state index contributed by atoms with van der Waals surface area (Å²) in [7, 11) is 0. The lowest BCUT2D eigenvalue weighted by molar-refractivity contribution is -0.133. The van der Waals surface area contributed by atoms with Gasteiger partial charge in [-0.3, -0.25) is 9.59 Å². The third-order valence-corrected chi connectivity index (χ3v) is 5.56. The second-order valence-corrected chi connectivity index (χ2v) is 6.74. The smallest absolute Gasteiger partial charge is 0.192 e. The van der Waals surface area contributed by atoms with Gasteiger partial charge in [0.2, 0.25) is 0 Å². The van der Waals surface area contributed by atoms with Crippen molar-refractivity contribution in [1.29, 1.82) is 0 Å². The van der Waals surface area contributed by atoms with E-state index in [1.165, 1.54) is 11.8 Å². The first kappa shape index (κ1) is 14.8. The SMILES string of the molecule is O=C1CNC(c2ccc(CO)cc2)CSC(=O)[C@@H]2CC[C@H]12. The average Bonchev–Trinajstić information content (AvgIpc) is 2.49. The van der Waals surface area contributed by atoms with Gasteiger partial charge in [-0.1, -0.05) is 36.0 Å². The molecule has 2 aliphatic rings. The van der Waals surface area contributed by atoms with Gasteiger partial charge in [0.15, 0.2) is 5.12 Å². The molecular weight excluding hydrogens is 286 g/mol. The van der Waals surface area contributed by atoms with Crippen LogP contribution in [-0.4, -0.2) is 28.3 Å². The molecule has 3 rings (SSSR count). The first-order chi connectivity index (χ1) is 10.2. The number of carbonyl (C=O) groups is 2. The minimum absolute atomic E-state index is 0.00635. The molecule has 1 saturated heterocycles. The van der Waals surface area contributed by atoms with Gasteiger partial charge >= 0.3 is 0 Å². The van der Waals surface area contributed by atoms with Crippen molar-refractivity contribution in [3.8, 4) is 0 Å². The predicted octanol–water partition coefficient (Wildman–Crippen LogP) is 1.68. The van der Waals surface area contributed by atoms with E-state index in [0.29, 0.717) is 12.3 Å². The van der Waals surface area contributed by atoms with E-state index in [9.17, 15) is 9.59 Å². The van der Waals surface area contributed by atoms with Crippen LogP contribution in [0.1, 0.15) is 30.0 Å². The third kappa shape index (κ3) is 3.05. The number of Topliss-reactive ketones (excluding diaryl/α,β-unsaturated/α-hetero) is 1. The van der Waals surface area contributed by atoms with Crippen LogP contribution < -0.4 is 5.32 Å². The Hall–Kier alpha value is -1.17. The Bertz CT molecular complexity index is 517. The van der Waals surface area contributed by atoms with E-state index in [1.807, 2.05) is 24.3 Å². The highest BCUT2D eigenvalue weighted by atomic mass is 32.2. The number of carbonyl (C=O) groups excluding carboxylic acids is 2. The zero-order chi connectivity index (χ0) is 14.8. The predicted molar refractivity (Wildman–Crippen MR) is 81.8 cm³/mol. The van der Waals surface area contributed by atoms with Gasteiger partial charge in [0.1, 0.15) is 5.78 Å². The molecule has 21 heavy (non-hydrogen) atoms. The Morgan fingerprint density at radius 1 is 1.14 bits per heavy atom. The van der Waals surface area contributed by atoms with Crippen LogP contribution in [0.5, 0.6) is 0 Å². The van der Waals surface area contributed by atoms with E-state index in [2.05, 4.69) is 5.32 Å². The summed E-state index contributed by atoms with van der Waals surface area (Å²) >= 11 is 1.34. The number of aliphatic hydroxyl groups is 1. The molecule has 1 aromatic carbocycles. The van der Waals surface area contributed by atoms with Crippen molar-refractivity contribution < 1.29 is 14.7 Å². The molecule has 0 bridgehead atoms. The molecule has 3 atom stereocenters. The Kier molecular flexibility index (Phi) is 4.42. The maximum atomic E-state index is 12.2. The van der Waals surface area contributed by atoms with Crippen LogP contribution in [0.3, 0.4) is 0 Å². The first-order valence-corrected chi connectivity index (χ1v) is 8.30. The molecule has 2 fully saturated rings. The van der Waals surface area contributed by atoms with Crippen molar-refractivity contribution in [3.63, 3.8) is 0 Å². The quantitative estimate of drug-likeness (QED) is 0.870. The van der Waals surface area contributed by atoms with Gasteiger partial charge in [-0.25, -0.2) is 0 Å². The molecule has 0 radical (unpaired) electrons. The summed E-state index contributed by atoms with van der Waals surface area (Å²) in [6, 6.07) is 7.65. The number of nitrogens with one attached hydrogen (secondary N) is 1. The highest BCUT2D eigenvalue weighted by molar-refractivity contribution is 8.13. The van der Waals surface area contributed by atoms with Crippen molar-refractivity contribution >= 4 is 22.7 Å². The minimum atomic E-state index is -0.0620. The molecule has 112 valence electrons. The van der Waals surface area contributed by atoms with Crippen LogP contribution in [0.4, 0.5) is 0 Å². The molecule has 0 amide bonds. The van der Waals surface area contributed by atoms with Gasteiger partial charge < -0.3 is 10.4 Å². The molecule has 5 heteroatoms. The lowest BCUT2D eigenvalue weighted by Gasteiger charge is -2.33. The number of hydrogen-bond donors (Lipinski definition) is 2. The molecule has 2 N–H and O–H groups in total. The highest BCUT2D eigenvalue weighted by Gasteiger charge is 2.41. The summed E-state index contributed by atoms with van der Waals surface area (Å²) in [6.07, 6.45) is 1.71. The third-order valence-electron chi connectivity index (χ3n) is 4.47. The zero-order valence-electron chi connectivity index (χ0n) is 11.7. The van der Waals surface area contributed by atoms with E-state index in [1.54, 1.807) is 0 Å². The van der Waals surface area contributed by atoms with Gasteiger partial charge in [-0.2, -0.15) is 0 Å². The minimum Gasteiger partial charge on any atom is -0.392 e. The normalized spacial score (nSPS) is 29.9. The summed E-state index contributed by atoms with van der Waals surface area (Å²) in [5.41, 5.74) is 1.91. The monoisotopic (exact) mass is 305 g/mol. The van der Waals surface area contributed by atoms with Crippen molar-refractivity contribution in [3.05, 3.63) is 35.4 Å². The first-order valence-electron chi connectivity index (χ1n) is 7.31. The van der Waals surface area contributed by atoms with Gasteiger partial charge in [-0.05, 0) is 24.0 Å². The molecule has 0 spiro atoms. The Balaban J connectivity index is 1.75. The Morgan fingerprint density at radius 3 is 2.48 bits per heavy atom. The molecule has 1 saturated carbocycles.